The maximum Gasteiger partial charge on any atom is 0.254 e. The number of hydrogen-bond donors (Lipinski definition) is 0. The van der Waals surface area contributed by atoms with E-state index in [4.69, 9.17) is 16.0 Å². The number of furan rings is 1. The molecular weight excluding hydrogens is 396 g/mol. The van der Waals surface area contributed by atoms with Gasteiger partial charge in [-0.3, -0.25) is 4.79 Å². The average Bonchev–Trinajstić information content (AvgIpc) is 3.14. The van der Waals surface area contributed by atoms with Crippen LogP contribution in [0.1, 0.15) is 38.6 Å². The maximum atomic E-state index is 13.0. The van der Waals surface area contributed by atoms with E-state index in [9.17, 15) is 4.79 Å². The fraction of sp³-hybridized carbons (Fsp3) is 0.240. The highest BCUT2D eigenvalue weighted by Crippen LogP contribution is 2.25. The molecule has 0 spiro atoms. The minimum atomic E-state index is 0.0411. The Labute approximate surface area is 182 Å². The molecule has 4 rings (SSSR count). The van der Waals surface area contributed by atoms with Crippen molar-refractivity contribution in [2.75, 3.05) is 20.6 Å². The molecule has 0 unspecified atom stereocenters. The summed E-state index contributed by atoms with van der Waals surface area (Å²) in [5.41, 5.74) is 4.04. The van der Waals surface area contributed by atoms with E-state index in [0.717, 1.165) is 40.6 Å². The van der Waals surface area contributed by atoms with Crippen LogP contribution < -0.4 is 0 Å². The molecule has 154 valence electrons. The standard InChI is InChI=1S/C25H25ClN2O2/c1-27(2)16-23-15-21-13-14-28(17-24(21)30-23)25(29)20-9-5-18(6-10-20)3-4-19-7-11-22(26)12-8-19/h3-12,15H,13-14,16-17H2,1-2H3. The lowest BCUT2D eigenvalue weighted by molar-refractivity contribution is 0.0718. The van der Waals surface area contributed by atoms with Crippen LogP contribution in [0.4, 0.5) is 0 Å². The molecule has 30 heavy (non-hydrogen) atoms. The van der Waals surface area contributed by atoms with Crippen molar-refractivity contribution in [1.29, 1.82) is 0 Å². The molecule has 1 aromatic heterocycles. The molecule has 0 saturated heterocycles. The lowest BCUT2D eigenvalue weighted by Gasteiger charge is -2.26. The van der Waals surface area contributed by atoms with Gasteiger partial charge in [0.2, 0.25) is 0 Å². The van der Waals surface area contributed by atoms with Gasteiger partial charge in [0, 0.05) is 17.1 Å². The first kappa shape index (κ1) is 20.5. The SMILES string of the molecule is CN(C)Cc1cc2c(o1)CN(C(=O)c1ccc(C=Cc3ccc(Cl)cc3)cc1)CC2. The largest absolute Gasteiger partial charge is 0.463 e. The van der Waals surface area contributed by atoms with E-state index >= 15 is 0 Å². The van der Waals surface area contributed by atoms with Crippen LogP contribution in [0.5, 0.6) is 0 Å². The van der Waals surface area contributed by atoms with Gasteiger partial charge >= 0.3 is 0 Å². The summed E-state index contributed by atoms with van der Waals surface area (Å²) in [6.07, 6.45) is 4.89. The van der Waals surface area contributed by atoms with Crippen molar-refractivity contribution in [3.05, 3.63) is 93.4 Å². The number of rotatable bonds is 5. The molecule has 0 N–H and O–H groups in total. The second-order valence-corrected chi connectivity index (χ2v) is 8.32. The molecule has 0 radical (unpaired) electrons. The normalized spacial score (nSPS) is 13.8. The van der Waals surface area contributed by atoms with Crippen LogP contribution in [-0.4, -0.2) is 36.3 Å². The number of benzene rings is 2. The molecule has 0 atom stereocenters. The molecule has 1 aliphatic rings. The minimum absolute atomic E-state index is 0.0411. The first-order valence-corrected chi connectivity index (χ1v) is 10.4. The summed E-state index contributed by atoms with van der Waals surface area (Å²) in [5, 5.41) is 0.725. The molecular formula is C25H25ClN2O2. The van der Waals surface area contributed by atoms with Crippen LogP contribution in [0.25, 0.3) is 12.2 Å². The summed E-state index contributed by atoms with van der Waals surface area (Å²) in [7, 11) is 4.04. The molecule has 0 aliphatic carbocycles. The summed E-state index contributed by atoms with van der Waals surface area (Å²) >= 11 is 5.92. The fourth-order valence-corrected chi connectivity index (χ4v) is 3.76. The van der Waals surface area contributed by atoms with Crippen LogP contribution in [0.15, 0.2) is 59.0 Å². The average molecular weight is 421 g/mol. The maximum absolute atomic E-state index is 13.0. The zero-order valence-corrected chi connectivity index (χ0v) is 18.0. The van der Waals surface area contributed by atoms with E-state index in [1.165, 1.54) is 5.56 Å². The summed E-state index contributed by atoms with van der Waals surface area (Å²) in [6.45, 7) is 2.01. The number of amides is 1. The third-order valence-electron chi connectivity index (χ3n) is 5.19. The van der Waals surface area contributed by atoms with Crippen LogP contribution in [0, 0.1) is 0 Å². The van der Waals surface area contributed by atoms with Crippen molar-refractivity contribution in [3.8, 4) is 0 Å². The highest BCUT2D eigenvalue weighted by molar-refractivity contribution is 6.30. The van der Waals surface area contributed by atoms with Crippen molar-refractivity contribution < 1.29 is 9.21 Å². The minimum Gasteiger partial charge on any atom is -0.463 e. The zero-order chi connectivity index (χ0) is 21.1. The Morgan fingerprint density at radius 3 is 2.33 bits per heavy atom. The Morgan fingerprint density at radius 2 is 1.70 bits per heavy atom. The third-order valence-corrected chi connectivity index (χ3v) is 5.44. The third kappa shape index (κ3) is 4.84. The van der Waals surface area contributed by atoms with Gasteiger partial charge in [0.25, 0.3) is 5.91 Å². The fourth-order valence-electron chi connectivity index (χ4n) is 3.63. The number of carbonyl (C=O) groups is 1. The van der Waals surface area contributed by atoms with Crippen molar-refractivity contribution in [2.24, 2.45) is 0 Å². The van der Waals surface area contributed by atoms with Gasteiger partial charge < -0.3 is 14.2 Å². The first-order chi connectivity index (χ1) is 14.5. The van der Waals surface area contributed by atoms with E-state index in [2.05, 4.69) is 11.0 Å². The lowest BCUT2D eigenvalue weighted by Crippen LogP contribution is -2.35. The second kappa shape index (κ2) is 8.90. The molecule has 5 heteroatoms. The van der Waals surface area contributed by atoms with Gasteiger partial charge in [-0.15, -0.1) is 0 Å². The number of hydrogen-bond acceptors (Lipinski definition) is 3. The molecule has 3 aromatic rings. The molecule has 2 heterocycles. The smallest absolute Gasteiger partial charge is 0.254 e. The molecule has 1 aliphatic heterocycles. The first-order valence-electron chi connectivity index (χ1n) is 10.1. The van der Waals surface area contributed by atoms with Gasteiger partial charge in [-0.2, -0.15) is 0 Å². The number of carbonyl (C=O) groups excluding carboxylic acids is 1. The van der Waals surface area contributed by atoms with Crippen LogP contribution >= 0.6 is 11.6 Å². The molecule has 2 aromatic carbocycles. The molecule has 4 nitrogen and oxygen atoms in total. The van der Waals surface area contributed by atoms with E-state index < -0.39 is 0 Å². The molecule has 0 fully saturated rings. The molecule has 1 amide bonds. The van der Waals surface area contributed by atoms with Gasteiger partial charge in [-0.25, -0.2) is 0 Å². The van der Waals surface area contributed by atoms with Crippen molar-refractivity contribution in [1.82, 2.24) is 9.80 Å². The predicted molar refractivity (Wildman–Crippen MR) is 121 cm³/mol. The Balaban J connectivity index is 1.41. The Hall–Kier alpha value is -2.82. The highest BCUT2D eigenvalue weighted by atomic mass is 35.5. The number of halogens is 1. The highest BCUT2D eigenvalue weighted by Gasteiger charge is 2.25. The van der Waals surface area contributed by atoms with Gasteiger partial charge in [0.1, 0.15) is 11.5 Å². The van der Waals surface area contributed by atoms with Gasteiger partial charge in [0.15, 0.2) is 0 Å². The summed E-state index contributed by atoms with van der Waals surface area (Å²) in [5.74, 6) is 1.91. The van der Waals surface area contributed by atoms with Crippen LogP contribution in [0.2, 0.25) is 5.02 Å². The lowest BCUT2D eigenvalue weighted by atomic mass is 10.1. The summed E-state index contributed by atoms with van der Waals surface area (Å²) < 4.78 is 5.98. The van der Waals surface area contributed by atoms with E-state index in [-0.39, 0.29) is 5.91 Å². The predicted octanol–water partition coefficient (Wildman–Crippen LogP) is 5.36. The zero-order valence-electron chi connectivity index (χ0n) is 17.3. The Morgan fingerprint density at radius 1 is 1.07 bits per heavy atom. The van der Waals surface area contributed by atoms with Crippen molar-refractivity contribution in [3.63, 3.8) is 0 Å². The summed E-state index contributed by atoms with van der Waals surface area (Å²) in [4.78, 5) is 16.9. The van der Waals surface area contributed by atoms with Gasteiger partial charge in [-0.1, -0.05) is 48.0 Å². The van der Waals surface area contributed by atoms with E-state index in [1.54, 1.807) is 0 Å². The topological polar surface area (TPSA) is 36.7 Å². The molecule has 0 saturated carbocycles. The quantitative estimate of drug-likeness (QED) is 0.521. The Kier molecular flexibility index (Phi) is 6.07. The van der Waals surface area contributed by atoms with Gasteiger partial charge in [0.05, 0.1) is 13.1 Å². The van der Waals surface area contributed by atoms with E-state index in [0.29, 0.717) is 18.7 Å². The van der Waals surface area contributed by atoms with Crippen LogP contribution in [0.3, 0.4) is 0 Å². The second-order valence-electron chi connectivity index (χ2n) is 7.88. The van der Waals surface area contributed by atoms with Crippen molar-refractivity contribution >= 4 is 29.7 Å². The van der Waals surface area contributed by atoms with E-state index in [1.807, 2.05) is 79.7 Å². The molecule has 0 bridgehead atoms. The van der Waals surface area contributed by atoms with Gasteiger partial charge in [-0.05, 0) is 67.5 Å². The summed E-state index contributed by atoms with van der Waals surface area (Å²) in [6, 6.07) is 17.5. The number of fused-ring (bicyclic) bond motifs is 1. The van der Waals surface area contributed by atoms with Crippen LogP contribution in [-0.2, 0) is 19.5 Å². The number of nitrogens with zero attached hydrogens (tertiary/aromatic N) is 2. The van der Waals surface area contributed by atoms with Crippen molar-refractivity contribution in [2.45, 2.75) is 19.5 Å². The monoisotopic (exact) mass is 420 g/mol. The Bertz CT molecular complexity index is 1050.